The van der Waals surface area contributed by atoms with Gasteiger partial charge in [0, 0.05) is 30.8 Å². The Kier molecular flexibility index (Phi) is 9.82. The second-order valence-corrected chi connectivity index (χ2v) is 8.49. The molecule has 0 fully saturated rings. The summed E-state index contributed by atoms with van der Waals surface area (Å²) in [5.74, 6) is -0.300. The molecule has 2 N–H and O–H groups in total. The fraction of sp³-hybridized carbons (Fsp3) is 0.346. The predicted octanol–water partition coefficient (Wildman–Crippen LogP) is 5.91. The quantitative estimate of drug-likeness (QED) is 0.105. The van der Waals surface area contributed by atoms with E-state index >= 15 is 0 Å². The maximum Gasteiger partial charge on any atom is 0.303 e. The molecule has 0 amide bonds. The number of hydrogen-bond acceptors (Lipinski definition) is 6. The molecule has 0 aliphatic carbocycles. The van der Waals surface area contributed by atoms with E-state index in [1.54, 1.807) is 6.08 Å². The highest BCUT2D eigenvalue weighted by Crippen LogP contribution is 2.26. The van der Waals surface area contributed by atoms with Gasteiger partial charge in [0.1, 0.15) is 6.10 Å². The standard InChI is InChI=1S/C26H33N3O4/c1-6-23(32-17-7-8-24(30)31)21-11-9-19(10-12-21)20-13-15-22(16-14-20)28-18-33-25(29-27-5)26(2,3)4/h6,9-16,23,28H,1,5,7-8,17-18H2,2-4H3,(H,30,31)/b29-25-. The van der Waals surface area contributed by atoms with Crippen LogP contribution in [0.4, 0.5) is 5.69 Å². The molecule has 33 heavy (non-hydrogen) atoms. The molecule has 176 valence electrons. The normalized spacial score (nSPS) is 12.6. The number of nitrogens with one attached hydrogen (secondary N) is 1. The molecule has 2 aromatic rings. The molecule has 0 saturated carbocycles. The van der Waals surface area contributed by atoms with Crippen LogP contribution in [0.2, 0.25) is 0 Å². The molecule has 0 spiro atoms. The summed E-state index contributed by atoms with van der Waals surface area (Å²) in [6, 6.07) is 16.1. The third-order valence-corrected chi connectivity index (χ3v) is 4.79. The number of anilines is 1. The molecule has 0 heterocycles. The number of rotatable bonds is 12. The van der Waals surface area contributed by atoms with Crippen LogP contribution in [0.15, 0.2) is 71.4 Å². The van der Waals surface area contributed by atoms with Gasteiger partial charge in [0.25, 0.3) is 0 Å². The molecule has 0 aliphatic rings. The Morgan fingerprint density at radius 1 is 1.12 bits per heavy atom. The number of ether oxygens (including phenoxy) is 2. The minimum Gasteiger partial charge on any atom is -0.481 e. The molecule has 2 aromatic carbocycles. The van der Waals surface area contributed by atoms with Crippen molar-refractivity contribution in [3.8, 4) is 11.1 Å². The van der Waals surface area contributed by atoms with Crippen molar-refractivity contribution >= 4 is 24.3 Å². The van der Waals surface area contributed by atoms with Gasteiger partial charge in [-0.15, -0.1) is 11.7 Å². The lowest BCUT2D eigenvalue weighted by Crippen LogP contribution is -2.25. The summed E-state index contributed by atoms with van der Waals surface area (Å²) in [5.41, 5.74) is 3.81. The van der Waals surface area contributed by atoms with E-state index in [0.29, 0.717) is 18.9 Å². The minimum absolute atomic E-state index is 0.0944. The van der Waals surface area contributed by atoms with Gasteiger partial charge >= 0.3 is 5.97 Å². The Hall–Kier alpha value is -3.45. The van der Waals surface area contributed by atoms with Crippen molar-refractivity contribution in [3.63, 3.8) is 0 Å². The summed E-state index contributed by atoms with van der Waals surface area (Å²) >= 11 is 0. The minimum atomic E-state index is -0.819. The summed E-state index contributed by atoms with van der Waals surface area (Å²) in [5, 5.41) is 19.5. The van der Waals surface area contributed by atoms with Crippen LogP contribution in [0.3, 0.4) is 0 Å². The van der Waals surface area contributed by atoms with E-state index in [1.165, 1.54) is 0 Å². The van der Waals surface area contributed by atoms with Crippen molar-refractivity contribution in [3.05, 3.63) is 66.7 Å². The molecule has 2 rings (SSSR count). The first kappa shape index (κ1) is 25.8. The van der Waals surface area contributed by atoms with Crippen LogP contribution in [-0.2, 0) is 14.3 Å². The van der Waals surface area contributed by atoms with Gasteiger partial charge in [0.2, 0.25) is 5.90 Å². The predicted molar refractivity (Wildman–Crippen MR) is 134 cm³/mol. The average Bonchev–Trinajstić information content (AvgIpc) is 2.78. The van der Waals surface area contributed by atoms with Crippen LogP contribution >= 0.6 is 0 Å². The lowest BCUT2D eigenvalue weighted by Gasteiger charge is -2.21. The molecule has 7 nitrogen and oxygen atoms in total. The van der Waals surface area contributed by atoms with Crippen molar-refractivity contribution < 1.29 is 19.4 Å². The number of carbonyl (C=O) groups is 1. The first-order valence-electron chi connectivity index (χ1n) is 10.8. The van der Waals surface area contributed by atoms with Crippen LogP contribution < -0.4 is 5.32 Å². The fourth-order valence-corrected chi connectivity index (χ4v) is 3.03. The Morgan fingerprint density at radius 2 is 1.73 bits per heavy atom. The van der Waals surface area contributed by atoms with E-state index in [0.717, 1.165) is 22.4 Å². The van der Waals surface area contributed by atoms with Crippen LogP contribution in [-0.4, -0.2) is 37.0 Å². The molecule has 0 aliphatic heterocycles. The molecule has 7 heteroatoms. The number of nitrogens with zero attached hydrogens (tertiary/aromatic N) is 2. The van der Waals surface area contributed by atoms with E-state index in [4.69, 9.17) is 14.6 Å². The summed E-state index contributed by atoms with van der Waals surface area (Å²) in [7, 11) is 0. The monoisotopic (exact) mass is 451 g/mol. The van der Waals surface area contributed by atoms with Crippen LogP contribution in [0, 0.1) is 5.41 Å². The summed E-state index contributed by atoms with van der Waals surface area (Å²) < 4.78 is 11.5. The molecule has 0 radical (unpaired) electrons. The van der Waals surface area contributed by atoms with E-state index in [1.807, 2.05) is 69.3 Å². The highest BCUT2D eigenvalue weighted by Gasteiger charge is 2.21. The van der Waals surface area contributed by atoms with Crippen LogP contribution in [0.5, 0.6) is 0 Å². The van der Waals surface area contributed by atoms with Crippen molar-refractivity contribution in [2.75, 3.05) is 18.7 Å². The Labute approximate surface area is 195 Å². The third kappa shape index (κ3) is 8.54. The topological polar surface area (TPSA) is 92.5 Å². The zero-order valence-corrected chi connectivity index (χ0v) is 19.6. The molecular formula is C26H33N3O4. The highest BCUT2D eigenvalue weighted by molar-refractivity contribution is 5.81. The van der Waals surface area contributed by atoms with Gasteiger partial charge in [-0.3, -0.25) is 4.79 Å². The maximum absolute atomic E-state index is 10.6. The van der Waals surface area contributed by atoms with Crippen molar-refractivity contribution in [2.24, 2.45) is 15.6 Å². The fourth-order valence-electron chi connectivity index (χ4n) is 3.03. The van der Waals surface area contributed by atoms with E-state index in [2.05, 4.69) is 28.8 Å². The van der Waals surface area contributed by atoms with Crippen molar-refractivity contribution in [1.29, 1.82) is 0 Å². The van der Waals surface area contributed by atoms with Gasteiger partial charge in [-0.25, -0.2) is 0 Å². The van der Waals surface area contributed by atoms with Gasteiger partial charge in [-0.05, 0) is 35.2 Å². The van der Waals surface area contributed by atoms with Crippen molar-refractivity contribution in [2.45, 2.75) is 39.7 Å². The first-order valence-corrected chi connectivity index (χ1v) is 10.8. The van der Waals surface area contributed by atoms with E-state index in [-0.39, 0.29) is 24.7 Å². The number of aliphatic carboxylic acids is 1. The maximum atomic E-state index is 10.6. The van der Waals surface area contributed by atoms with Crippen molar-refractivity contribution in [1.82, 2.24) is 0 Å². The van der Waals surface area contributed by atoms with E-state index in [9.17, 15) is 4.79 Å². The van der Waals surface area contributed by atoms with Gasteiger partial charge in [0.15, 0.2) is 6.73 Å². The van der Waals surface area contributed by atoms with Crippen LogP contribution in [0.1, 0.15) is 45.3 Å². The number of hydrogen-bond donors (Lipinski definition) is 2. The molecule has 0 saturated heterocycles. The SMILES string of the molecule is C=CC(OCCCC(=O)O)c1ccc(-c2ccc(NCO/C(=N\N=C)C(C)(C)C)cc2)cc1. The molecule has 0 bridgehead atoms. The summed E-state index contributed by atoms with van der Waals surface area (Å²) in [6.07, 6.45) is 2.02. The summed E-state index contributed by atoms with van der Waals surface area (Å²) in [4.78, 5) is 10.6. The zero-order chi connectivity index (χ0) is 24.3. The second-order valence-electron chi connectivity index (χ2n) is 8.49. The first-order chi connectivity index (χ1) is 15.7. The molecule has 1 atom stereocenters. The van der Waals surface area contributed by atoms with Gasteiger partial charge in [-0.1, -0.05) is 63.2 Å². The highest BCUT2D eigenvalue weighted by atomic mass is 16.5. The molecule has 1 unspecified atom stereocenters. The number of carboxylic acids is 1. The number of benzene rings is 2. The third-order valence-electron chi connectivity index (χ3n) is 4.79. The lowest BCUT2D eigenvalue weighted by molar-refractivity contribution is -0.137. The van der Waals surface area contributed by atoms with Crippen LogP contribution in [0.25, 0.3) is 11.1 Å². The lowest BCUT2D eigenvalue weighted by atomic mass is 9.97. The van der Waals surface area contributed by atoms with Gasteiger partial charge in [-0.2, -0.15) is 5.10 Å². The molecule has 0 aromatic heterocycles. The van der Waals surface area contributed by atoms with E-state index < -0.39 is 5.97 Å². The number of carboxylic acid groups (broad SMARTS) is 1. The second kappa shape index (κ2) is 12.6. The van der Waals surface area contributed by atoms with Gasteiger partial charge < -0.3 is 19.9 Å². The Morgan fingerprint density at radius 3 is 2.24 bits per heavy atom. The average molecular weight is 452 g/mol. The largest absolute Gasteiger partial charge is 0.481 e. The smallest absolute Gasteiger partial charge is 0.303 e. The summed E-state index contributed by atoms with van der Waals surface area (Å²) in [6.45, 7) is 13.9. The molecular weight excluding hydrogens is 418 g/mol. The Balaban J connectivity index is 1.93. The zero-order valence-electron chi connectivity index (χ0n) is 19.6. The van der Waals surface area contributed by atoms with Gasteiger partial charge in [0.05, 0.1) is 0 Å². The Bertz CT molecular complexity index is 945.